The van der Waals surface area contributed by atoms with Crippen LogP contribution in [0.3, 0.4) is 0 Å². The molecule has 0 radical (unpaired) electrons. The third kappa shape index (κ3) is 13.2. The van der Waals surface area contributed by atoms with E-state index in [0.717, 1.165) is 38.5 Å². The van der Waals surface area contributed by atoms with Crippen molar-refractivity contribution in [3.63, 3.8) is 0 Å². The van der Waals surface area contributed by atoms with E-state index in [4.69, 9.17) is 9.47 Å². The van der Waals surface area contributed by atoms with Crippen molar-refractivity contribution in [2.75, 3.05) is 13.2 Å². The zero-order valence-electron chi connectivity index (χ0n) is 19.3. The maximum absolute atomic E-state index is 12.5. The van der Waals surface area contributed by atoms with E-state index >= 15 is 0 Å². The second kappa shape index (κ2) is 18.0. The summed E-state index contributed by atoms with van der Waals surface area (Å²) in [5.74, 6) is 0.389. The molecule has 0 aromatic carbocycles. The number of esters is 2. The van der Waals surface area contributed by atoms with Crippen molar-refractivity contribution in [3.05, 3.63) is 0 Å². The molecular weight excluding hydrogens is 352 g/mol. The SMILES string of the molecule is CCCCC(CC)COC(=O)CCC(CCC)C(=O)OCC(CC)CCCC. The Kier molecular flexibility index (Phi) is 17.3. The molecule has 0 aromatic rings. The molecule has 0 heterocycles. The van der Waals surface area contributed by atoms with Crippen molar-refractivity contribution >= 4 is 11.9 Å². The van der Waals surface area contributed by atoms with Crippen molar-refractivity contribution in [2.45, 2.75) is 112 Å². The lowest BCUT2D eigenvalue weighted by Crippen LogP contribution is -2.23. The summed E-state index contributed by atoms with van der Waals surface area (Å²) in [6.45, 7) is 11.7. The molecule has 0 N–H and O–H groups in total. The van der Waals surface area contributed by atoms with Gasteiger partial charge in [-0.3, -0.25) is 9.59 Å². The lowest BCUT2D eigenvalue weighted by molar-refractivity contribution is -0.151. The predicted molar refractivity (Wildman–Crippen MR) is 116 cm³/mol. The molecule has 0 bridgehead atoms. The van der Waals surface area contributed by atoms with E-state index in [9.17, 15) is 9.59 Å². The van der Waals surface area contributed by atoms with Gasteiger partial charge in [-0.05, 0) is 37.5 Å². The summed E-state index contributed by atoms with van der Waals surface area (Å²) in [4.78, 5) is 24.6. The highest BCUT2D eigenvalue weighted by Gasteiger charge is 2.22. The van der Waals surface area contributed by atoms with Crippen molar-refractivity contribution < 1.29 is 19.1 Å². The fraction of sp³-hybridized carbons (Fsp3) is 0.917. The minimum atomic E-state index is -0.191. The highest BCUT2D eigenvalue weighted by Crippen LogP contribution is 2.19. The van der Waals surface area contributed by atoms with Crippen molar-refractivity contribution in [2.24, 2.45) is 17.8 Å². The van der Waals surface area contributed by atoms with E-state index in [2.05, 4.69) is 34.6 Å². The maximum Gasteiger partial charge on any atom is 0.308 e. The second-order valence-corrected chi connectivity index (χ2v) is 8.17. The Bertz CT molecular complexity index is 394. The van der Waals surface area contributed by atoms with Gasteiger partial charge in [-0.2, -0.15) is 0 Å². The quantitative estimate of drug-likeness (QED) is 0.241. The molecule has 0 aliphatic rings. The normalized spacial score (nSPS) is 14.3. The van der Waals surface area contributed by atoms with E-state index in [0.29, 0.717) is 37.9 Å². The molecule has 0 saturated carbocycles. The minimum Gasteiger partial charge on any atom is -0.465 e. The van der Waals surface area contributed by atoms with Gasteiger partial charge in [0.15, 0.2) is 0 Å². The number of carbonyl (C=O) groups excluding carboxylic acids is 2. The standard InChI is InChI=1S/C24H46O4/c1-6-11-14-20(9-4)18-27-23(25)17-16-22(13-8-3)24(26)28-19-21(10-5)15-12-7-2/h20-22H,6-19H2,1-5H3. The monoisotopic (exact) mass is 398 g/mol. The van der Waals surface area contributed by atoms with Crippen LogP contribution in [-0.4, -0.2) is 25.2 Å². The topological polar surface area (TPSA) is 52.6 Å². The second-order valence-electron chi connectivity index (χ2n) is 8.17. The van der Waals surface area contributed by atoms with Crippen LogP contribution in [0.2, 0.25) is 0 Å². The summed E-state index contributed by atoms with van der Waals surface area (Å²) in [6, 6.07) is 0. The molecule has 0 saturated heterocycles. The molecule has 28 heavy (non-hydrogen) atoms. The van der Waals surface area contributed by atoms with Gasteiger partial charge in [-0.1, -0.05) is 79.6 Å². The fourth-order valence-corrected chi connectivity index (χ4v) is 3.42. The first kappa shape index (κ1) is 26.9. The van der Waals surface area contributed by atoms with Crippen LogP contribution in [0.1, 0.15) is 112 Å². The lowest BCUT2D eigenvalue weighted by atomic mass is 9.97. The molecule has 0 aliphatic heterocycles. The van der Waals surface area contributed by atoms with Crippen LogP contribution in [0.15, 0.2) is 0 Å². The van der Waals surface area contributed by atoms with Gasteiger partial charge in [-0.15, -0.1) is 0 Å². The van der Waals surface area contributed by atoms with Crippen LogP contribution in [-0.2, 0) is 19.1 Å². The van der Waals surface area contributed by atoms with E-state index in [-0.39, 0.29) is 17.9 Å². The van der Waals surface area contributed by atoms with Crippen LogP contribution < -0.4 is 0 Å². The number of hydrogen-bond acceptors (Lipinski definition) is 4. The van der Waals surface area contributed by atoms with Crippen LogP contribution in [0.25, 0.3) is 0 Å². The fourth-order valence-electron chi connectivity index (χ4n) is 3.42. The number of rotatable bonds is 18. The van der Waals surface area contributed by atoms with Gasteiger partial charge in [0.05, 0.1) is 19.1 Å². The summed E-state index contributed by atoms with van der Waals surface area (Å²) in [7, 11) is 0. The van der Waals surface area contributed by atoms with Crippen molar-refractivity contribution in [3.8, 4) is 0 Å². The third-order valence-electron chi connectivity index (χ3n) is 5.70. The molecule has 0 aliphatic carbocycles. The minimum absolute atomic E-state index is 0.140. The Hall–Kier alpha value is -1.06. The van der Waals surface area contributed by atoms with Gasteiger partial charge in [-0.25, -0.2) is 0 Å². The Labute approximate surface area is 174 Å². The number of unbranched alkanes of at least 4 members (excludes halogenated alkanes) is 2. The average Bonchev–Trinajstić information content (AvgIpc) is 2.71. The van der Waals surface area contributed by atoms with E-state index in [1.807, 2.05) is 0 Å². The molecule has 4 heteroatoms. The highest BCUT2D eigenvalue weighted by molar-refractivity contribution is 5.74. The molecule has 166 valence electrons. The molecule has 0 amide bonds. The Morgan fingerprint density at radius 3 is 1.68 bits per heavy atom. The van der Waals surface area contributed by atoms with Gasteiger partial charge in [0.2, 0.25) is 0 Å². The van der Waals surface area contributed by atoms with E-state index in [1.165, 1.54) is 25.7 Å². The third-order valence-corrected chi connectivity index (χ3v) is 5.70. The Morgan fingerprint density at radius 1 is 0.679 bits per heavy atom. The van der Waals surface area contributed by atoms with E-state index < -0.39 is 0 Å². The summed E-state index contributed by atoms with van der Waals surface area (Å²) >= 11 is 0. The number of hydrogen-bond donors (Lipinski definition) is 0. The first-order valence-corrected chi connectivity index (χ1v) is 11.8. The van der Waals surface area contributed by atoms with E-state index in [1.54, 1.807) is 0 Å². The largest absolute Gasteiger partial charge is 0.465 e. The molecule has 3 unspecified atom stereocenters. The van der Waals surface area contributed by atoms with Gasteiger partial charge < -0.3 is 9.47 Å². The Balaban J connectivity index is 4.32. The average molecular weight is 399 g/mol. The van der Waals surface area contributed by atoms with Gasteiger partial charge >= 0.3 is 11.9 Å². The van der Waals surface area contributed by atoms with Gasteiger partial charge in [0.1, 0.15) is 0 Å². The van der Waals surface area contributed by atoms with Crippen LogP contribution in [0.5, 0.6) is 0 Å². The molecule has 0 spiro atoms. The van der Waals surface area contributed by atoms with Gasteiger partial charge in [0, 0.05) is 6.42 Å². The van der Waals surface area contributed by atoms with Crippen LogP contribution in [0.4, 0.5) is 0 Å². The van der Waals surface area contributed by atoms with Crippen molar-refractivity contribution in [1.29, 1.82) is 0 Å². The summed E-state index contributed by atoms with van der Waals surface area (Å²) in [5.41, 5.74) is 0. The van der Waals surface area contributed by atoms with Crippen LogP contribution >= 0.6 is 0 Å². The zero-order valence-corrected chi connectivity index (χ0v) is 19.3. The highest BCUT2D eigenvalue weighted by atomic mass is 16.5. The summed E-state index contributed by atoms with van der Waals surface area (Å²) in [6.07, 6.45) is 11.5. The molecule has 0 fully saturated rings. The number of carbonyl (C=O) groups is 2. The number of ether oxygens (including phenoxy) is 2. The van der Waals surface area contributed by atoms with Crippen molar-refractivity contribution in [1.82, 2.24) is 0 Å². The Morgan fingerprint density at radius 2 is 1.21 bits per heavy atom. The smallest absolute Gasteiger partial charge is 0.308 e. The molecule has 3 atom stereocenters. The van der Waals surface area contributed by atoms with Crippen LogP contribution in [0, 0.1) is 17.8 Å². The molecular formula is C24H46O4. The maximum atomic E-state index is 12.5. The molecule has 0 rings (SSSR count). The first-order valence-electron chi connectivity index (χ1n) is 11.8. The summed E-state index contributed by atoms with van der Waals surface area (Å²) in [5, 5.41) is 0. The molecule has 0 aromatic heterocycles. The lowest BCUT2D eigenvalue weighted by Gasteiger charge is -2.19. The zero-order chi connectivity index (χ0) is 21.2. The van der Waals surface area contributed by atoms with Gasteiger partial charge in [0.25, 0.3) is 0 Å². The summed E-state index contributed by atoms with van der Waals surface area (Å²) < 4.78 is 11.1. The predicted octanol–water partition coefficient (Wildman–Crippen LogP) is 6.70. The molecule has 4 nitrogen and oxygen atoms in total. The first-order chi connectivity index (χ1) is 13.5.